The number of nitrogens with zero attached hydrogens (tertiary/aromatic N) is 2. The van der Waals surface area contributed by atoms with Crippen molar-refractivity contribution in [2.24, 2.45) is 11.5 Å². The number of aromatic hydroxyl groups is 2. The summed E-state index contributed by atoms with van der Waals surface area (Å²) in [7, 11) is 1.02. The molecule has 6 atom stereocenters. The average molecular weight is 858 g/mol. The Balaban J connectivity index is 2.92. The molecule has 0 bridgehead atoms. The van der Waals surface area contributed by atoms with E-state index in [1.54, 1.807) is 0 Å². The van der Waals surface area contributed by atoms with Crippen molar-refractivity contribution in [3.05, 3.63) is 23.8 Å². The van der Waals surface area contributed by atoms with Crippen LogP contribution in [-0.2, 0) is 43.1 Å². The van der Waals surface area contributed by atoms with Gasteiger partial charge in [0, 0.05) is 25.7 Å². The fraction of sp³-hybridized carbons (Fsp3) is 0.571. The lowest BCUT2D eigenvalue weighted by Gasteiger charge is -2.26. The first-order chi connectivity index (χ1) is 28.4. The first kappa shape index (κ1) is 51.9. The van der Waals surface area contributed by atoms with E-state index in [0.717, 1.165) is 7.11 Å². The van der Waals surface area contributed by atoms with Gasteiger partial charge >= 0.3 is 5.97 Å². The molecule has 15 N–H and O–H groups in total. The number of nitrogens with two attached hydrogens (primary N) is 2. The number of hydrogen-bond donors (Lipinski definition) is 13. The Kier molecular flexibility index (Phi) is 23.8. The highest BCUT2D eigenvalue weighted by Crippen LogP contribution is 2.27. The number of unbranched alkanes of at least 4 members (excludes halogenated alkanes) is 1. The monoisotopic (exact) mass is 857 g/mol. The topological polar surface area (TPSA) is 403 Å². The molecular formula is C35H55N9O16. The fourth-order valence-electron chi connectivity index (χ4n) is 5.41. The van der Waals surface area contributed by atoms with Crippen molar-refractivity contribution >= 4 is 54.2 Å². The Labute approximate surface area is 343 Å². The molecule has 1 rings (SSSR count). The zero-order valence-electron chi connectivity index (χ0n) is 32.9. The number of primary amides is 1. The van der Waals surface area contributed by atoms with Gasteiger partial charge < -0.3 is 63.2 Å². The summed E-state index contributed by atoms with van der Waals surface area (Å²) >= 11 is 0. The number of phenolic OH excluding ortho intramolecular Hbond substituents is 2. The summed E-state index contributed by atoms with van der Waals surface area (Å²) in [6.45, 7) is -1.40. The molecule has 0 aliphatic rings. The number of amides is 8. The van der Waals surface area contributed by atoms with E-state index < -0.39 is 109 Å². The first-order valence-corrected chi connectivity index (χ1v) is 18.6. The maximum atomic E-state index is 13.5. The molecule has 8 amide bonds. The van der Waals surface area contributed by atoms with Crippen LogP contribution in [-0.4, -0.2) is 165 Å². The van der Waals surface area contributed by atoms with Crippen LogP contribution in [0.5, 0.6) is 11.5 Å². The van der Waals surface area contributed by atoms with Crippen LogP contribution in [0.3, 0.4) is 0 Å². The van der Waals surface area contributed by atoms with Gasteiger partial charge in [0.25, 0.3) is 5.91 Å². The van der Waals surface area contributed by atoms with Gasteiger partial charge in [-0.1, -0.05) is 12.5 Å². The van der Waals surface area contributed by atoms with Gasteiger partial charge in [-0.15, -0.1) is 0 Å². The second-order valence-corrected chi connectivity index (χ2v) is 13.4. The number of esters is 1. The standard InChI is InChI=1S/C35H55N9O16/c1-60-35(57)23(10-6-14-44(59)19-47)41-33(55)24(15-28(37)50)42-32(54)22(9-5-13-43(58)18-46)40-34(56)25(17-45)39-29(51)16-27(49)21(36)8-2-3-12-38-31(53)20-7-4-11-26(48)30(20)52/h4,7,11,18-19,21-25,27,45,48-49,52,58-59H,2-3,5-6,8-10,12-17,36H2,1H3,(H2,37,50)(H,38,53)(H,39,51)(H,40,56)(H,41,55)(H,42,54)/t21-,22-,23-,24+,25+,27-/m0/s1. The molecule has 0 unspecified atom stereocenters. The molecule has 1 aromatic rings. The number of carbonyl (C=O) groups is 9. The SMILES string of the molecule is COC(=O)[C@H](CCCN(O)C=O)NC(=O)[C@@H](CC(N)=O)NC(=O)[C@H](CCCN(O)C=O)NC(=O)[C@@H](CO)NC(=O)C[C@H](O)[C@@H](N)CCCCNC(=O)c1cccc(O)c1O. The van der Waals surface area contributed by atoms with Crippen LogP contribution in [0.4, 0.5) is 0 Å². The summed E-state index contributed by atoms with van der Waals surface area (Å²) in [5.74, 6) is -7.95. The number of benzene rings is 1. The Hall–Kier alpha value is -6.15. The third-order valence-corrected chi connectivity index (χ3v) is 8.71. The molecule has 0 heterocycles. The summed E-state index contributed by atoms with van der Waals surface area (Å²) in [5.41, 5.74) is 11.2. The van der Waals surface area contributed by atoms with E-state index in [4.69, 9.17) is 11.5 Å². The summed E-state index contributed by atoms with van der Waals surface area (Å²) in [6.07, 6.45) is -2.32. The van der Waals surface area contributed by atoms with E-state index in [1.807, 2.05) is 0 Å². The number of hydroxylamine groups is 4. The van der Waals surface area contributed by atoms with Gasteiger partial charge in [0.2, 0.25) is 42.4 Å². The largest absolute Gasteiger partial charge is 0.504 e. The summed E-state index contributed by atoms with van der Waals surface area (Å²) < 4.78 is 4.67. The molecule has 0 fully saturated rings. The van der Waals surface area contributed by atoms with E-state index in [9.17, 15) is 74.0 Å². The highest BCUT2D eigenvalue weighted by molar-refractivity contribution is 5.98. The number of nitrogens with one attached hydrogen (secondary N) is 5. The van der Waals surface area contributed by atoms with E-state index in [2.05, 4.69) is 31.3 Å². The minimum absolute atomic E-state index is 0.00673. The molecule has 1 aromatic carbocycles. The molecule has 0 aliphatic carbocycles. The number of aliphatic hydroxyl groups is 2. The molecule has 0 spiro atoms. The number of para-hydroxylation sites is 1. The predicted octanol–water partition coefficient (Wildman–Crippen LogP) is -4.69. The zero-order chi connectivity index (χ0) is 45.4. The van der Waals surface area contributed by atoms with Gasteiger partial charge in [-0.3, -0.25) is 48.8 Å². The molecule has 0 saturated carbocycles. The molecule has 25 nitrogen and oxygen atoms in total. The van der Waals surface area contributed by atoms with Crippen molar-refractivity contribution in [2.45, 2.75) is 94.1 Å². The molecule has 336 valence electrons. The highest BCUT2D eigenvalue weighted by Gasteiger charge is 2.33. The Morgan fingerprint density at radius 1 is 0.767 bits per heavy atom. The highest BCUT2D eigenvalue weighted by atomic mass is 16.5. The Bertz CT molecular complexity index is 1620. The number of hydrogen-bond acceptors (Lipinski definition) is 17. The van der Waals surface area contributed by atoms with Crippen LogP contribution >= 0.6 is 0 Å². The van der Waals surface area contributed by atoms with Crippen molar-refractivity contribution in [3.63, 3.8) is 0 Å². The first-order valence-electron chi connectivity index (χ1n) is 18.6. The van der Waals surface area contributed by atoms with Crippen LogP contribution in [0.2, 0.25) is 0 Å². The van der Waals surface area contributed by atoms with E-state index >= 15 is 0 Å². The van der Waals surface area contributed by atoms with E-state index in [0.29, 0.717) is 17.9 Å². The van der Waals surface area contributed by atoms with Crippen LogP contribution in [0.1, 0.15) is 68.1 Å². The van der Waals surface area contributed by atoms with Gasteiger partial charge in [-0.25, -0.2) is 14.9 Å². The molecule has 0 saturated heterocycles. The van der Waals surface area contributed by atoms with Crippen molar-refractivity contribution in [2.75, 3.05) is 33.4 Å². The van der Waals surface area contributed by atoms with Gasteiger partial charge in [-0.2, -0.15) is 0 Å². The number of methoxy groups -OCH3 is 1. The van der Waals surface area contributed by atoms with Gasteiger partial charge in [-0.05, 0) is 50.7 Å². The third kappa shape index (κ3) is 19.1. The fourth-order valence-corrected chi connectivity index (χ4v) is 5.41. The van der Waals surface area contributed by atoms with Crippen LogP contribution in [0.25, 0.3) is 0 Å². The van der Waals surface area contributed by atoms with Crippen molar-refractivity contribution in [1.82, 2.24) is 36.7 Å². The summed E-state index contributed by atoms with van der Waals surface area (Å²) in [6, 6.07) is -3.44. The third-order valence-electron chi connectivity index (χ3n) is 8.71. The zero-order valence-corrected chi connectivity index (χ0v) is 32.9. The minimum atomic E-state index is -1.74. The Morgan fingerprint density at radius 2 is 1.32 bits per heavy atom. The molecule has 25 heteroatoms. The van der Waals surface area contributed by atoms with Gasteiger partial charge in [0.05, 0.1) is 38.2 Å². The predicted molar refractivity (Wildman–Crippen MR) is 203 cm³/mol. The van der Waals surface area contributed by atoms with Gasteiger partial charge in [0.1, 0.15) is 24.2 Å². The van der Waals surface area contributed by atoms with E-state index in [1.165, 1.54) is 18.2 Å². The molecule has 0 aliphatic heterocycles. The van der Waals surface area contributed by atoms with Crippen LogP contribution in [0.15, 0.2) is 18.2 Å². The summed E-state index contributed by atoms with van der Waals surface area (Å²) in [4.78, 5) is 111. The number of carbonyl (C=O) groups excluding carboxylic acids is 9. The smallest absolute Gasteiger partial charge is 0.328 e. The van der Waals surface area contributed by atoms with Gasteiger partial charge in [0.15, 0.2) is 11.5 Å². The molecule has 60 heavy (non-hydrogen) atoms. The maximum Gasteiger partial charge on any atom is 0.328 e. The molecular weight excluding hydrogens is 802 g/mol. The normalized spacial score (nSPS) is 13.8. The Morgan fingerprint density at radius 3 is 1.88 bits per heavy atom. The second kappa shape index (κ2) is 27.5. The maximum absolute atomic E-state index is 13.5. The molecule has 0 radical (unpaired) electrons. The van der Waals surface area contributed by atoms with Crippen LogP contribution in [0, 0.1) is 0 Å². The lowest BCUT2D eigenvalue weighted by Crippen LogP contribution is -2.59. The van der Waals surface area contributed by atoms with E-state index in [-0.39, 0.29) is 75.2 Å². The van der Waals surface area contributed by atoms with Crippen molar-refractivity contribution < 1.29 is 78.7 Å². The average Bonchev–Trinajstić information content (AvgIpc) is 3.21. The lowest BCUT2D eigenvalue weighted by atomic mass is 10.0. The molecule has 0 aromatic heterocycles. The number of rotatable bonds is 30. The van der Waals surface area contributed by atoms with Crippen molar-refractivity contribution in [1.29, 1.82) is 0 Å². The quantitative estimate of drug-likeness (QED) is 0.00863. The second-order valence-electron chi connectivity index (χ2n) is 13.4. The van der Waals surface area contributed by atoms with Crippen molar-refractivity contribution in [3.8, 4) is 11.5 Å². The lowest BCUT2D eigenvalue weighted by molar-refractivity contribution is -0.150. The number of aliphatic hydroxyl groups excluding tert-OH is 2. The minimum Gasteiger partial charge on any atom is -0.504 e. The number of phenols is 2. The summed E-state index contributed by atoms with van der Waals surface area (Å²) in [5, 5.41) is 70.8. The number of ether oxygens (including phenoxy) is 1. The van der Waals surface area contributed by atoms with Crippen LogP contribution < -0.4 is 38.1 Å².